The van der Waals surface area contributed by atoms with Gasteiger partial charge >= 0.3 is 0 Å². The van der Waals surface area contributed by atoms with E-state index in [-0.39, 0.29) is 17.7 Å². The van der Waals surface area contributed by atoms with Crippen LogP contribution in [0, 0.1) is 11.8 Å². The fourth-order valence-electron chi connectivity index (χ4n) is 3.71. The second-order valence-electron chi connectivity index (χ2n) is 7.40. The van der Waals surface area contributed by atoms with E-state index in [0.717, 1.165) is 10.5 Å². The number of amides is 4. The lowest BCUT2D eigenvalue weighted by Crippen LogP contribution is -2.35. The quantitative estimate of drug-likeness (QED) is 0.800. The highest BCUT2D eigenvalue weighted by Crippen LogP contribution is 2.31. The molecule has 3 aliphatic rings. The van der Waals surface area contributed by atoms with E-state index >= 15 is 0 Å². The minimum Gasteiger partial charge on any atom is -0.325 e. The summed E-state index contributed by atoms with van der Waals surface area (Å²) in [6.45, 7) is 3.61. The van der Waals surface area contributed by atoms with E-state index in [1.165, 1.54) is 0 Å². The largest absolute Gasteiger partial charge is 0.325 e. The van der Waals surface area contributed by atoms with Gasteiger partial charge in [-0.25, -0.2) is 4.99 Å². The first-order valence-corrected chi connectivity index (χ1v) is 9.34. The van der Waals surface area contributed by atoms with Gasteiger partial charge < -0.3 is 5.32 Å². The molecule has 2 heterocycles. The van der Waals surface area contributed by atoms with Gasteiger partial charge in [0.25, 0.3) is 17.7 Å². The van der Waals surface area contributed by atoms with Gasteiger partial charge in [0.15, 0.2) is 0 Å². The van der Waals surface area contributed by atoms with Crippen molar-refractivity contribution in [2.75, 3.05) is 6.54 Å². The molecule has 0 saturated carbocycles. The van der Waals surface area contributed by atoms with Crippen LogP contribution in [-0.4, -0.2) is 40.8 Å². The van der Waals surface area contributed by atoms with E-state index in [1.54, 1.807) is 42.5 Å². The third-order valence-corrected chi connectivity index (χ3v) is 5.11. The van der Waals surface area contributed by atoms with Crippen molar-refractivity contribution in [2.45, 2.75) is 13.8 Å². The van der Waals surface area contributed by atoms with Crippen LogP contribution in [-0.2, 0) is 9.59 Å². The zero-order valence-electron chi connectivity index (χ0n) is 16.0. The average molecular weight is 389 g/mol. The zero-order valence-corrected chi connectivity index (χ0v) is 16.0. The number of benzene rings is 1. The lowest BCUT2D eigenvalue weighted by Gasteiger charge is -2.29. The lowest BCUT2D eigenvalue weighted by atomic mass is 9.82. The third kappa shape index (κ3) is 3.35. The summed E-state index contributed by atoms with van der Waals surface area (Å²) in [6, 6.07) is 6.46. The number of nitrogens with zero attached hydrogens (tertiary/aromatic N) is 2. The van der Waals surface area contributed by atoms with E-state index < -0.39 is 24.3 Å². The molecule has 1 aliphatic carbocycles. The number of fused-ring (bicyclic) bond motifs is 2. The SMILES string of the molecule is CC(C)C1=CC(=O)NC2=CC(=NC(=O)CN3C(=O)c4ccccc4C3=O)C=CC21. The van der Waals surface area contributed by atoms with Crippen LogP contribution in [0.15, 0.2) is 64.8 Å². The molecule has 0 radical (unpaired) electrons. The van der Waals surface area contributed by atoms with Gasteiger partial charge in [-0.3, -0.25) is 24.1 Å². The summed E-state index contributed by atoms with van der Waals surface area (Å²) in [5, 5.41) is 2.79. The van der Waals surface area contributed by atoms with Crippen molar-refractivity contribution in [3.05, 3.63) is 71.0 Å². The highest BCUT2D eigenvalue weighted by atomic mass is 16.2. The van der Waals surface area contributed by atoms with Crippen LogP contribution in [0.2, 0.25) is 0 Å². The molecule has 0 aromatic heterocycles. The van der Waals surface area contributed by atoms with E-state index in [2.05, 4.69) is 10.3 Å². The molecule has 1 aromatic rings. The smallest absolute Gasteiger partial charge is 0.266 e. The fraction of sp³-hybridized carbons (Fsp3) is 0.227. The minimum absolute atomic E-state index is 0.0574. The van der Waals surface area contributed by atoms with Crippen LogP contribution >= 0.6 is 0 Å². The molecule has 1 aromatic carbocycles. The summed E-state index contributed by atoms with van der Waals surface area (Å²) >= 11 is 0. The van der Waals surface area contributed by atoms with Gasteiger partial charge in [-0.05, 0) is 35.8 Å². The van der Waals surface area contributed by atoms with E-state index in [1.807, 2.05) is 19.9 Å². The predicted molar refractivity (Wildman–Crippen MR) is 106 cm³/mol. The number of rotatable bonds is 3. The molecule has 146 valence electrons. The molecule has 1 N–H and O–H groups in total. The second-order valence-corrected chi connectivity index (χ2v) is 7.40. The Morgan fingerprint density at radius 2 is 1.76 bits per heavy atom. The summed E-state index contributed by atoms with van der Waals surface area (Å²) < 4.78 is 0. The predicted octanol–water partition coefficient (Wildman–Crippen LogP) is 2.03. The molecule has 0 spiro atoms. The first-order chi connectivity index (χ1) is 13.8. The van der Waals surface area contributed by atoms with Crippen molar-refractivity contribution in [2.24, 2.45) is 16.8 Å². The first-order valence-electron chi connectivity index (χ1n) is 9.34. The molecule has 0 fully saturated rings. The maximum atomic E-state index is 12.4. The first kappa shape index (κ1) is 18.7. The number of allylic oxidation sites excluding steroid dienone is 3. The van der Waals surface area contributed by atoms with Crippen molar-refractivity contribution in [3.8, 4) is 0 Å². The van der Waals surface area contributed by atoms with Crippen LogP contribution in [0.4, 0.5) is 0 Å². The normalized spacial score (nSPS) is 21.8. The van der Waals surface area contributed by atoms with Gasteiger partial charge in [-0.1, -0.05) is 32.1 Å². The molecule has 4 rings (SSSR count). The molecule has 0 bridgehead atoms. The number of carbonyl (C=O) groups excluding carboxylic acids is 4. The Balaban J connectivity index is 1.52. The van der Waals surface area contributed by atoms with E-state index in [0.29, 0.717) is 22.5 Å². The van der Waals surface area contributed by atoms with Crippen molar-refractivity contribution in [1.29, 1.82) is 0 Å². The maximum absolute atomic E-state index is 12.4. The Kier molecular flexibility index (Phi) is 4.58. The Labute approximate surface area is 167 Å². The van der Waals surface area contributed by atoms with Gasteiger partial charge in [0.1, 0.15) is 6.54 Å². The molecule has 7 heteroatoms. The van der Waals surface area contributed by atoms with Gasteiger partial charge in [0.2, 0.25) is 5.91 Å². The average Bonchev–Trinajstić information content (AvgIpc) is 2.92. The summed E-state index contributed by atoms with van der Waals surface area (Å²) in [7, 11) is 0. The highest BCUT2D eigenvalue weighted by molar-refractivity contribution is 6.22. The van der Waals surface area contributed by atoms with Crippen LogP contribution < -0.4 is 5.32 Å². The number of hydrogen-bond acceptors (Lipinski definition) is 4. The van der Waals surface area contributed by atoms with Crippen LogP contribution in [0.25, 0.3) is 0 Å². The number of carbonyl (C=O) groups is 4. The van der Waals surface area contributed by atoms with Crippen molar-refractivity contribution < 1.29 is 19.2 Å². The molecule has 2 aliphatic heterocycles. The fourth-order valence-corrected chi connectivity index (χ4v) is 3.71. The molecule has 29 heavy (non-hydrogen) atoms. The molecule has 1 unspecified atom stereocenters. The number of aliphatic imine (C=N–C) groups is 1. The number of nitrogens with one attached hydrogen (secondary N) is 1. The van der Waals surface area contributed by atoms with Gasteiger partial charge in [0.05, 0.1) is 16.8 Å². The number of imide groups is 1. The van der Waals surface area contributed by atoms with Gasteiger partial charge in [-0.15, -0.1) is 0 Å². The van der Waals surface area contributed by atoms with Crippen LogP contribution in [0.3, 0.4) is 0 Å². The Hall–Kier alpha value is -3.61. The second kappa shape index (κ2) is 7.09. The zero-order chi connectivity index (χ0) is 20.7. The summed E-state index contributed by atoms with van der Waals surface area (Å²) in [5.74, 6) is -1.67. The van der Waals surface area contributed by atoms with E-state index in [9.17, 15) is 19.2 Å². The van der Waals surface area contributed by atoms with E-state index in [4.69, 9.17) is 0 Å². The summed E-state index contributed by atoms with van der Waals surface area (Å²) in [6.07, 6.45) is 6.85. The van der Waals surface area contributed by atoms with Crippen molar-refractivity contribution >= 4 is 29.3 Å². The molecule has 1 atom stereocenters. The molecule has 4 amide bonds. The monoisotopic (exact) mass is 389 g/mol. The standard InChI is InChI=1S/C22H19N3O4/c1-12(2)17-10-19(26)24-18-9-13(7-8-14(17)18)23-20(27)11-25-21(28)15-5-3-4-6-16(15)22(25)29/h3-10,12,14H,11H2,1-2H3,(H,24,26). The van der Waals surface area contributed by atoms with Gasteiger partial charge in [-0.2, -0.15) is 0 Å². The van der Waals surface area contributed by atoms with Crippen LogP contribution in [0.5, 0.6) is 0 Å². The Morgan fingerprint density at radius 3 is 2.38 bits per heavy atom. The molecular formula is C22H19N3O4. The van der Waals surface area contributed by atoms with Gasteiger partial charge in [0, 0.05) is 17.7 Å². The minimum atomic E-state index is -0.615. The maximum Gasteiger partial charge on any atom is 0.266 e. The number of hydrogen-bond donors (Lipinski definition) is 1. The Morgan fingerprint density at radius 1 is 1.10 bits per heavy atom. The highest BCUT2D eigenvalue weighted by Gasteiger charge is 2.36. The third-order valence-electron chi connectivity index (χ3n) is 5.11. The molecular weight excluding hydrogens is 370 g/mol. The molecule has 0 saturated heterocycles. The topological polar surface area (TPSA) is 95.9 Å². The summed E-state index contributed by atoms with van der Waals surface area (Å²) in [5.41, 5.74) is 2.60. The Bertz CT molecular complexity index is 1040. The van der Waals surface area contributed by atoms with Crippen molar-refractivity contribution in [3.63, 3.8) is 0 Å². The van der Waals surface area contributed by atoms with Crippen LogP contribution in [0.1, 0.15) is 34.6 Å². The molecule has 7 nitrogen and oxygen atoms in total. The lowest BCUT2D eigenvalue weighted by molar-refractivity contribution is -0.118. The summed E-state index contributed by atoms with van der Waals surface area (Å²) in [4.78, 5) is 54.0. The van der Waals surface area contributed by atoms with Crippen molar-refractivity contribution in [1.82, 2.24) is 10.2 Å².